The Labute approximate surface area is 195 Å². The van der Waals surface area contributed by atoms with Gasteiger partial charge in [0.05, 0.1) is 5.69 Å². The van der Waals surface area contributed by atoms with Gasteiger partial charge < -0.3 is 10.2 Å². The summed E-state index contributed by atoms with van der Waals surface area (Å²) in [6, 6.07) is 13.2. The van der Waals surface area contributed by atoms with E-state index >= 15 is 0 Å². The van der Waals surface area contributed by atoms with E-state index in [0.29, 0.717) is 18.7 Å². The van der Waals surface area contributed by atoms with Crippen molar-refractivity contribution >= 4 is 27.7 Å². The van der Waals surface area contributed by atoms with Crippen molar-refractivity contribution < 1.29 is 22.4 Å². The number of carbonyl (C=O) groups is 2. The highest BCUT2D eigenvalue weighted by Gasteiger charge is 2.32. The van der Waals surface area contributed by atoms with Gasteiger partial charge in [0.25, 0.3) is 0 Å². The summed E-state index contributed by atoms with van der Waals surface area (Å²) in [6.45, 7) is 3.13. The molecule has 2 rings (SSSR count). The fourth-order valence-electron chi connectivity index (χ4n) is 3.10. The number of rotatable bonds is 11. The van der Waals surface area contributed by atoms with Crippen LogP contribution in [0.4, 0.5) is 10.1 Å². The van der Waals surface area contributed by atoms with E-state index in [1.165, 1.54) is 44.1 Å². The summed E-state index contributed by atoms with van der Waals surface area (Å²) < 4.78 is 42.3. The lowest BCUT2D eigenvalue weighted by Crippen LogP contribution is -2.52. The van der Waals surface area contributed by atoms with Crippen LogP contribution in [-0.4, -0.2) is 62.7 Å². The molecule has 33 heavy (non-hydrogen) atoms. The Hall–Kier alpha value is -2.98. The number of carbonyl (C=O) groups excluding carboxylic acids is 2. The Morgan fingerprint density at radius 3 is 2.21 bits per heavy atom. The number of nitrogens with one attached hydrogen (secondary N) is 1. The number of hydrogen-bond donors (Lipinski definition) is 1. The zero-order chi connectivity index (χ0) is 24.6. The van der Waals surface area contributed by atoms with E-state index in [4.69, 9.17) is 0 Å². The fraction of sp³-hybridized carbons (Fsp3) is 0.391. The molecule has 0 unspecified atom stereocenters. The zero-order valence-electron chi connectivity index (χ0n) is 19.4. The van der Waals surface area contributed by atoms with Gasteiger partial charge in [0.1, 0.15) is 18.4 Å². The van der Waals surface area contributed by atoms with Crippen molar-refractivity contribution in [1.82, 2.24) is 14.5 Å². The van der Waals surface area contributed by atoms with E-state index in [1.54, 1.807) is 36.4 Å². The van der Waals surface area contributed by atoms with Crippen LogP contribution in [0.3, 0.4) is 0 Å². The maximum absolute atomic E-state index is 14.4. The summed E-state index contributed by atoms with van der Waals surface area (Å²) >= 11 is 0. The van der Waals surface area contributed by atoms with Gasteiger partial charge in [-0.15, -0.1) is 0 Å². The number of hydrogen-bond acceptors (Lipinski definition) is 4. The van der Waals surface area contributed by atoms with E-state index in [1.807, 2.05) is 6.92 Å². The molecule has 2 amide bonds. The Morgan fingerprint density at radius 2 is 1.64 bits per heavy atom. The molecule has 0 aromatic heterocycles. The van der Waals surface area contributed by atoms with Gasteiger partial charge in [-0.2, -0.15) is 12.7 Å². The standard InChI is InChI=1S/C23H31FN4O4S/c1-5-15-25-23(30)18(2)27(16-19-11-9-10-14-21(19)24)22(29)17-28(33(31,32)26(3)4)20-12-7-6-8-13-20/h6-14,18H,5,15-17H2,1-4H3,(H,25,30)/t18-/m1/s1. The molecule has 0 saturated heterocycles. The summed E-state index contributed by atoms with van der Waals surface area (Å²) in [5.41, 5.74) is 0.524. The molecule has 0 aliphatic carbocycles. The molecule has 0 heterocycles. The van der Waals surface area contributed by atoms with Crippen LogP contribution in [0.25, 0.3) is 0 Å². The predicted octanol–water partition coefficient (Wildman–Crippen LogP) is 2.38. The smallest absolute Gasteiger partial charge is 0.304 e. The number of benzene rings is 2. The molecule has 8 nitrogen and oxygen atoms in total. The molecule has 0 aliphatic rings. The third-order valence-electron chi connectivity index (χ3n) is 5.08. The first-order valence-corrected chi connectivity index (χ1v) is 12.0. The molecule has 1 atom stereocenters. The number of anilines is 1. The van der Waals surface area contributed by atoms with Gasteiger partial charge >= 0.3 is 10.2 Å². The van der Waals surface area contributed by atoms with Crippen LogP contribution >= 0.6 is 0 Å². The monoisotopic (exact) mass is 478 g/mol. The number of para-hydroxylation sites is 1. The first-order chi connectivity index (χ1) is 15.6. The second-order valence-electron chi connectivity index (χ2n) is 7.71. The summed E-state index contributed by atoms with van der Waals surface area (Å²) in [7, 11) is -1.28. The molecule has 10 heteroatoms. The molecule has 1 N–H and O–H groups in total. The average molecular weight is 479 g/mol. The molecule has 2 aromatic carbocycles. The van der Waals surface area contributed by atoms with Crippen molar-refractivity contribution in [2.45, 2.75) is 32.9 Å². The molecule has 0 aliphatic heterocycles. The molecule has 0 bridgehead atoms. The Morgan fingerprint density at radius 1 is 1.03 bits per heavy atom. The first kappa shape index (κ1) is 26.3. The number of nitrogens with zero attached hydrogens (tertiary/aromatic N) is 3. The highest BCUT2D eigenvalue weighted by Crippen LogP contribution is 2.20. The molecular formula is C23H31FN4O4S. The van der Waals surface area contributed by atoms with E-state index in [2.05, 4.69) is 5.32 Å². The molecule has 2 aromatic rings. The van der Waals surface area contributed by atoms with Crippen molar-refractivity contribution in [3.63, 3.8) is 0 Å². The summed E-state index contributed by atoms with van der Waals surface area (Å²) in [6.07, 6.45) is 0.711. The van der Waals surface area contributed by atoms with Crippen LogP contribution in [0, 0.1) is 5.82 Å². The molecule has 180 valence electrons. The van der Waals surface area contributed by atoms with E-state index < -0.39 is 40.4 Å². The van der Waals surface area contributed by atoms with Gasteiger partial charge in [0.2, 0.25) is 11.8 Å². The molecule has 0 fully saturated rings. The highest BCUT2D eigenvalue weighted by atomic mass is 32.2. The second-order valence-corrected chi connectivity index (χ2v) is 9.78. The van der Waals surface area contributed by atoms with Gasteiger partial charge in [-0.3, -0.25) is 9.59 Å². The third-order valence-corrected chi connectivity index (χ3v) is 6.90. The molecule has 0 radical (unpaired) electrons. The SMILES string of the molecule is CCCNC(=O)[C@@H](C)N(Cc1ccccc1F)C(=O)CN(c1ccccc1)S(=O)(=O)N(C)C. The van der Waals surface area contributed by atoms with E-state index in [9.17, 15) is 22.4 Å². The normalized spacial score (nSPS) is 12.3. The van der Waals surface area contributed by atoms with Gasteiger partial charge in [-0.25, -0.2) is 8.70 Å². The predicted molar refractivity (Wildman–Crippen MR) is 126 cm³/mol. The summed E-state index contributed by atoms with van der Waals surface area (Å²) in [5.74, 6) is -1.55. The number of halogens is 1. The maximum atomic E-state index is 14.4. The van der Waals surface area contributed by atoms with Crippen molar-refractivity contribution in [3.8, 4) is 0 Å². The van der Waals surface area contributed by atoms with Crippen molar-refractivity contribution in [2.75, 3.05) is 31.5 Å². The third kappa shape index (κ3) is 6.75. The lowest BCUT2D eigenvalue weighted by molar-refractivity contribution is -0.139. The highest BCUT2D eigenvalue weighted by molar-refractivity contribution is 7.90. The molecule has 0 saturated carbocycles. The Balaban J connectivity index is 2.42. The minimum absolute atomic E-state index is 0.184. The van der Waals surface area contributed by atoms with Crippen LogP contribution in [0.5, 0.6) is 0 Å². The van der Waals surface area contributed by atoms with Crippen molar-refractivity contribution in [3.05, 3.63) is 66.0 Å². The maximum Gasteiger partial charge on any atom is 0.304 e. The van der Waals surface area contributed by atoms with Crippen LogP contribution in [0.2, 0.25) is 0 Å². The minimum Gasteiger partial charge on any atom is -0.354 e. The number of amides is 2. The zero-order valence-corrected chi connectivity index (χ0v) is 20.2. The average Bonchev–Trinajstić information content (AvgIpc) is 2.80. The Kier molecular flexibility index (Phi) is 9.36. The quantitative estimate of drug-likeness (QED) is 0.537. The van der Waals surface area contributed by atoms with Crippen LogP contribution < -0.4 is 9.62 Å². The Bertz CT molecular complexity index is 1050. The molecular weight excluding hydrogens is 447 g/mol. The summed E-state index contributed by atoms with van der Waals surface area (Å²) in [5, 5.41) is 2.73. The van der Waals surface area contributed by atoms with Crippen LogP contribution in [0.1, 0.15) is 25.8 Å². The van der Waals surface area contributed by atoms with Crippen molar-refractivity contribution in [2.24, 2.45) is 0 Å². The summed E-state index contributed by atoms with van der Waals surface area (Å²) in [4.78, 5) is 27.3. The minimum atomic E-state index is -4.02. The lowest BCUT2D eigenvalue weighted by atomic mass is 10.1. The largest absolute Gasteiger partial charge is 0.354 e. The van der Waals surface area contributed by atoms with Gasteiger partial charge in [-0.05, 0) is 31.5 Å². The lowest BCUT2D eigenvalue weighted by Gasteiger charge is -2.32. The van der Waals surface area contributed by atoms with Gasteiger partial charge in [-0.1, -0.05) is 43.3 Å². The van der Waals surface area contributed by atoms with Crippen LogP contribution in [-0.2, 0) is 26.3 Å². The molecule has 0 spiro atoms. The topological polar surface area (TPSA) is 90.0 Å². The van der Waals surface area contributed by atoms with E-state index in [0.717, 1.165) is 8.61 Å². The first-order valence-electron chi connectivity index (χ1n) is 10.6. The fourth-order valence-corrected chi connectivity index (χ4v) is 4.16. The van der Waals surface area contributed by atoms with E-state index in [-0.39, 0.29) is 12.1 Å². The van der Waals surface area contributed by atoms with Gasteiger partial charge in [0, 0.05) is 32.7 Å². The van der Waals surface area contributed by atoms with Crippen LogP contribution in [0.15, 0.2) is 54.6 Å². The van der Waals surface area contributed by atoms with Crippen molar-refractivity contribution in [1.29, 1.82) is 0 Å². The van der Waals surface area contributed by atoms with Gasteiger partial charge in [0.15, 0.2) is 0 Å². The second kappa shape index (κ2) is 11.8.